The van der Waals surface area contributed by atoms with Gasteiger partial charge in [0.15, 0.2) is 0 Å². The van der Waals surface area contributed by atoms with Gasteiger partial charge in [-0.15, -0.1) is 12.4 Å². The highest BCUT2D eigenvalue weighted by atomic mass is 35.5. The Hall–Kier alpha value is -1.31. The van der Waals surface area contributed by atoms with Gasteiger partial charge in [-0.2, -0.15) is 13.2 Å². The van der Waals surface area contributed by atoms with E-state index < -0.39 is 11.7 Å². The van der Waals surface area contributed by atoms with E-state index in [1.807, 2.05) is 0 Å². The summed E-state index contributed by atoms with van der Waals surface area (Å²) in [5.41, 5.74) is -0.497. The van der Waals surface area contributed by atoms with Crippen molar-refractivity contribution < 1.29 is 22.7 Å². The van der Waals surface area contributed by atoms with Gasteiger partial charge in [-0.05, 0) is 24.5 Å². The Morgan fingerprint density at radius 2 is 1.93 bits per heavy atom. The van der Waals surface area contributed by atoms with Crippen molar-refractivity contribution in [2.24, 2.45) is 0 Å². The number of hydrogen-bond acceptors (Lipinski definition) is 3. The second-order valence-electron chi connectivity index (χ2n) is 7.04. The van der Waals surface area contributed by atoms with Gasteiger partial charge in [-0.1, -0.05) is 31.0 Å². The molecule has 1 unspecified atom stereocenters. The number of nitrogens with zero attached hydrogens (tertiary/aromatic N) is 1. The van der Waals surface area contributed by atoms with Gasteiger partial charge in [0, 0.05) is 31.6 Å². The van der Waals surface area contributed by atoms with E-state index in [2.05, 4.69) is 5.32 Å². The fraction of sp³-hybridized carbons (Fsp3) is 0.632. The minimum absolute atomic E-state index is 0. The van der Waals surface area contributed by atoms with Crippen LogP contribution in [0.15, 0.2) is 24.3 Å². The van der Waals surface area contributed by atoms with Crippen LogP contribution >= 0.6 is 12.4 Å². The van der Waals surface area contributed by atoms with E-state index in [4.69, 9.17) is 4.74 Å². The quantitative estimate of drug-likeness (QED) is 0.809. The number of halogens is 4. The first kappa shape index (κ1) is 22.0. The third-order valence-electron chi connectivity index (χ3n) is 5.17. The summed E-state index contributed by atoms with van der Waals surface area (Å²) in [5.74, 6) is -0.100. The van der Waals surface area contributed by atoms with Crippen LogP contribution in [0.4, 0.5) is 13.2 Å². The van der Waals surface area contributed by atoms with E-state index >= 15 is 0 Å². The Morgan fingerprint density at radius 3 is 2.56 bits per heavy atom. The second-order valence-corrected chi connectivity index (χ2v) is 7.04. The lowest BCUT2D eigenvalue weighted by atomic mass is 10.0. The number of carbonyl (C=O) groups is 1. The lowest BCUT2D eigenvalue weighted by molar-refractivity contribution is -0.141. The predicted octanol–water partition coefficient (Wildman–Crippen LogP) is 3.78. The molecule has 1 amide bonds. The van der Waals surface area contributed by atoms with E-state index in [0.717, 1.165) is 31.7 Å². The summed E-state index contributed by atoms with van der Waals surface area (Å²) in [6.45, 7) is 1.78. The Kier molecular flexibility index (Phi) is 7.94. The SMILES string of the molecule is Cl.O=C(CC1COCCN1)N(Cc1ccccc1C(F)(F)F)C1CCCC1. The fourth-order valence-electron chi connectivity index (χ4n) is 3.83. The molecule has 0 radical (unpaired) electrons. The zero-order valence-corrected chi connectivity index (χ0v) is 16.0. The molecule has 4 nitrogen and oxygen atoms in total. The summed E-state index contributed by atoms with van der Waals surface area (Å²) >= 11 is 0. The molecule has 2 aliphatic rings. The minimum Gasteiger partial charge on any atom is -0.378 e. The van der Waals surface area contributed by atoms with E-state index in [9.17, 15) is 18.0 Å². The molecule has 1 aliphatic carbocycles. The average Bonchev–Trinajstić information content (AvgIpc) is 3.14. The Balaban J connectivity index is 0.00000261. The maximum Gasteiger partial charge on any atom is 0.416 e. The van der Waals surface area contributed by atoms with Crippen molar-refractivity contribution in [2.75, 3.05) is 19.8 Å². The predicted molar refractivity (Wildman–Crippen MR) is 98.7 cm³/mol. The molecular formula is C19H26ClF3N2O2. The first-order chi connectivity index (χ1) is 12.4. The third-order valence-corrected chi connectivity index (χ3v) is 5.17. The molecular weight excluding hydrogens is 381 g/mol. The number of benzene rings is 1. The van der Waals surface area contributed by atoms with Gasteiger partial charge in [0.1, 0.15) is 0 Å². The molecule has 0 aromatic heterocycles. The van der Waals surface area contributed by atoms with Crippen LogP contribution in [0, 0.1) is 0 Å². The molecule has 0 spiro atoms. The molecule has 1 N–H and O–H groups in total. The van der Waals surface area contributed by atoms with Crippen LogP contribution in [0.3, 0.4) is 0 Å². The van der Waals surface area contributed by atoms with Crippen LogP contribution in [0.25, 0.3) is 0 Å². The van der Waals surface area contributed by atoms with Crippen LogP contribution in [0.2, 0.25) is 0 Å². The monoisotopic (exact) mass is 406 g/mol. The highest BCUT2D eigenvalue weighted by molar-refractivity contribution is 5.85. The molecule has 1 aliphatic heterocycles. The Morgan fingerprint density at radius 1 is 1.22 bits per heavy atom. The van der Waals surface area contributed by atoms with Crippen molar-refractivity contribution >= 4 is 18.3 Å². The number of ether oxygens (including phenoxy) is 1. The zero-order chi connectivity index (χ0) is 18.6. The van der Waals surface area contributed by atoms with Gasteiger partial charge < -0.3 is 15.0 Å². The maximum atomic E-state index is 13.3. The number of alkyl halides is 3. The van der Waals surface area contributed by atoms with Gasteiger partial charge in [0.2, 0.25) is 5.91 Å². The van der Waals surface area contributed by atoms with Gasteiger partial charge in [-0.25, -0.2) is 0 Å². The van der Waals surface area contributed by atoms with Crippen LogP contribution in [0.1, 0.15) is 43.2 Å². The standard InChI is InChI=1S/C19H25F3N2O2.ClH/c20-19(21,22)17-8-4-1-5-14(17)12-24(16-6-2-3-7-16)18(25)11-15-13-26-10-9-23-15;/h1,4-5,8,15-16,23H,2-3,6-7,9-13H2;1H. The van der Waals surface area contributed by atoms with Crippen molar-refractivity contribution in [3.05, 3.63) is 35.4 Å². The van der Waals surface area contributed by atoms with Crippen molar-refractivity contribution in [1.29, 1.82) is 0 Å². The van der Waals surface area contributed by atoms with Crippen LogP contribution in [-0.2, 0) is 22.3 Å². The number of amides is 1. The van der Waals surface area contributed by atoms with Crippen LogP contribution in [0.5, 0.6) is 0 Å². The molecule has 1 heterocycles. The zero-order valence-electron chi connectivity index (χ0n) is 15.1. The van der Waals surface area contributed by atoms with Crippen LogP contribution in [-0.4, -0.2) is 42.6 Å². The largest absolute Gasteiger partial charge is 0.416 e. The summed E-state index contributed by atoms with van der Waals surface area (Å²) in [5, 5.41) is 3.24. The third kappa shape index (κ3) is 5.83. The molecule has 2 fully saturated rings. The molecule has 0 bridgehead atoms. The lowest BCUT2D eigenvalue weighted by Gasteiger charge is -2.32. The highest BCUT2D eigenvalue weighted by Gasteiger charge is 2.35. The van der Waals surface area contributed by atoms with Crippen molar-refractivity contribution in [3.8, 4) is 0 Å². The van der Waals surface area contributed by atoms with E-state index in [-0.39, 0.29) is 48.9 Å². The van der Waals surface area contributed by atoms with Crippen molar-refractivity contribution in [1.82, 2.24) is 10.2 Å². The Labute approximate surface area is 163 Å². The second kappa shape index (κ2) is 9.75. The summed E-state index contributed by atoms with van der Waals surface area (Å²) in [4.78, 5) is 14.6. The molecule has 1 saturated carbocycles. The van der Waals surface area contributed by atoms with E-state index in [1.165, 1.54) is 12.1 Å². The average molecular weight is 407 g/mol. The molecule has 8 heteroatoms. The topological polar surface area (TPSA) is 41.6 Å². The first-order valence-corrected chi connectivity index (χ1v) is 9.21. The summed E-state index contributed by atoms with van der Waals surface area (Å²) in [6.07, 6.45) is -0.423. The lowest BCUT2D eigenvalue weighted by Crippen LogP contribution is -2.47. The molecule has 1 atom stereocenters. The van der Waals surface area contributed by atoms with Gasteiger partial charge >= 0.3 is 6.18 Å². The minimum atomic E-state index is -4.42. The van der Waals surface area contributed by atoms with Crippen molar-refractivity contribution in [3.63, 3.8) is 0 Å². The molecule has 1 aromatic carbocycles. The molecule has 1 aromatic rings. The molecule has 3 rings (SSSR count). The highest BCUT2D eigenvalue weighted by Crippen LogP contribution is 2.34. The van der Waals surface area contributed by atoms with Gasteiger partial charge in [-0.3, -0.25) is 4.79 Å². The van der Waals surface area contributed by atoms with E-state index in [0.29, 0.717) is 19.8 Å². The molecule has 152 valence electrons. The fourth-order valence-corrected chi connectivity index (χ4v) is 3.83. The summed E-state index contributed by atoms with van der Waals surface area (Å²) in [6, 6.07) is 5.49. The van der Waals surface area contributed by atoms with Gasteiger partial charge in [0.05, 0.1) is 18.8 Å². The summed E-state index contributed by atoms with van der Waals surface area (Å²) in [7, 11) is 0. The van der Waals surface area contributed by atoms with Crippen LogP contribution < -0.4 is 5.32 Å². The number of hydrogen-bond donors (Lipinski definition) is 1. The smallest absolute Gasteiger partial charge is 0.378 e. The normalized spacial score (nSPS) is 20.9. The Bertz CT molecular complexity index is 615. The number of nitrogens with one attached hydrogen (secondary N) is 1. The first-order valence-electron chi connectivity index (χ1n) is 9.21. The number of morpholine rings is 1. The van der Waals surface area contributed by atoms with Crippen molar-refractivity contribution in [2.45, 2.75) is 56.9 Å². The molecule has 27 heavy (non-hydrogen) atoms. The summed E-state index contributed by atoms with van der Waals surface area (Å²) < 4.78 is 45.3. The number of carbonyl (C=O) groups excluding carboxylic acids is 1. The van der Waals surface area contributed by atoms with Gasteiger partial charge in [0.25, 0.3) is 0 Å². The number of rotatable bonds is 5. The maximum absolute atomic E-state index is 13.3. The van der Waals surface area contributed by atoms with E-state index in [1.54, 1.807) is 11.0 Å². The molecule has 1 saturated heterocycles.